The van der Waals surface area contributed by atoms with Crippen molar-refractivity contribution < 1.29 is 19.8 Å². The van der Waals surface area contributed by atoms with Crippen LogP contribution in [0.1, 0.15) is 58.8 Å². The molecule has 0 spiro atoms. The van der Waals surface area contributed by atoms with Crippen LogP contribution in [0.25, 0.3) is 0 Å². The van der Waals surface area contributed by atoms with Crippen LogP contribution >= 0.6 is 0 Å². The quantitative estimate of drug-likeness (QED) is 0.758. The number of aromatic carboxylic acids is 2. The largest absolute Gasteiger partial charge is 0.478 e. The minimum atomic E-state index is -1.15. The number of carboxylic acids is 2. The molecule has 5 nitrogen and oxygen atoms in total. The van der Waals surface area contributed by atoms with Gasteiger partial charge in [-0.1, -0.05) is 26.7 Å². The highest BCUT2D eigenvalue weighted by Gasteiger charge is 2.20. The molecule has 3 N–H and O–H groups in total. The lowest BCUT2D eigenvalue weighted by atomic mass is 10.1. The van der Waals surface area contributed by atoms with E-state index in [2.05, 4.69) is 18.8 Å². The molecule has 0 amide bonds. The maximum atomic E-state index is 10.7. The Balaban J connectivity index is 0.000000557. The Labute approximate surface area is 100 Å². The number of hydrogen-bond donors (Lipinski definition) is 3. The molecule has 1 rings (SSSR count). The molecular weight excluding hydrogens is 222 g/mol. The van der Waals surface area contributed by atoms with Crippen LogP contribution in [0.15, 0.2) is 0 Å². The Morgan fingerprint density at radius 2 is 1.53 bits per heavy atom. The molecule has 0 aliphatic rings. The van der Waals surface area contributed by atoms with Crippen molar-refractivity contribution >= 4 is 11.9 Å². The molecule has 17 heavy (non-hydrogen) atoms. The molecule has 0 saturated heterocycles. The van der Waals surface area contributed by atoms with E-state index in [9.17, 15) is 9.59 Å². The van der Waals surface area contributed by atoms with Crippen LogP contribution in [0.4, 0.5) is 0 Å². The van der Waals surface area contributed by atoms with Crippen LogP contribution in [0.2, 0.25) is 0 Å². The minimum absolute atomic E-state index is 0.0393. The van der Waals surface area contributed by atoms with Gasteiger partial charge in [0, 0.05) is 5.69 Å². The second-order valence-electron chi connectivity index (χ2n) is 3.74. The zero-order valence-corrected chi connectivity index (χ0v) is 10.6. The van der Waals surface area contributed by atoms with Crippen molar-refractivity contribution in [1.29, 1.82) is 0 Å². The maximum Gasteiger partial charge on any atom is 0.352 e. The summed E-state index contributed by atoms with van der Waals surface area (Å²) >= 11 is 0. The van der Waals surface area contributed by atoms with E-state index < -0.39 is 11.9 Å². The summed E-state index contributed by atoms with van der Waals surface area (Å²) in [6.07, 6.45) is 2.64. The van der Waals surface area contributed by atoms with Gasteiger partial charge in [0.1, 0.15) is 5.69 Å². The molecule has 5 heteroatoms. The predicted molar refractivity (Wildman–Crippen MR) is 64.8 cm³/mol. The number of carbonyl (C=O) groups is 2. The zero-order chi connectivity index (χ0) is 13.6. The molecule has 0 aromatic carbocycles. The van der Waals surface area contributed by atoms with Crippen molar-refractivity contribution in [3.63, 3.8) is 0 Å². The highest BCUT2D eigenvalue weighted by molar-refractivity contribution is 5.96. The standard InChI is InChI=1S/C8H9NO4.C4H10/c1-3-5(7(10)11)4(2)9-6(3)8(12)13;1-3-4-2/h9H,1-2H3,(H,10,11)(H,12,13);3-4H2,1-2H3. The lowest BCUT2D eigenvalue weighted by Gasteiger charge is -1.93. The van der Waals surface area contributed by atoms with Crippen molar-refractivity contribution in [2.24, 2.45) is 0 Å². The van der Waals surface area contributed by atoms with Crippen LogP contribution in [-0.4, -0.2) is 27.1 Å². The van der Waals surface area contributed by atoms with E-state index in [1.165, 1.54) is 26.7 Å². The molecule has 0 aliphatic heterocycles. The summed E-state index contributed by atoms with van der Waals surface area (Å²) in [5, 5.41) is 17.4. The Kier molecular flexibility index (Phi) is 6.02. The number of unbranched alkanes of at least 4 members (excludes halogenated alkanes) is 1. The first kappa shape index (κ1) is 15.2. The van der Waals surface area contributed by atoms with Crippen LogP contribution in [-0.2, 0) is 0 Å². The normalized spacial score (nSPS) is 9.41. The Hall–Kier alpha value is -1.78. The van der Waals surface area contributed by atoms with Gasteiger partial charge in [0.25, 0.3) is 0 Å². The Morgan fingerprint density at radius 3 is 1.71 bits per heavy atom. The summed E-state index contributed by atoms with van der Waals surface area (Å²) in [6.45, 7) is 7.36. The molecule has 0 aliphatic carbocycles. The maximum absolute atomic E-state index is 10.7. The van der Waals surface area contributed by atoms with Crippen LogP contribution < -0.4 is 0 Å². The van der Waals surface area contributed by atoms with E-state index in [0.29, 0.717) is 5.69 Å². The van der Waals surface area contributed by atoms with E-state index in [1.54, 1.807) is 0 Å². The first-order valence-electron chi connectivity index (χ1n) is 5.52. The van der Waals surface area contributed by atoms with Gasteiger partial charge in [-0.3, -0.25) is 0 Å². The highest BCUT2D eigenvalue weighted by atomic mass is 16.4. The summed E-state index contributed by atoms with van der Waals surface area (Å²) in [6, 6.07) is 0. The molecule has 1 aromatic heterocycles. The topological polar surface area (TPSA) is 90.4 Å². The molecule has 0 atom stereocenters. The van der Waals surface area contributed by atoms with Gasteiger partial charge in [0.2, 0.25) is 0 Å². The molecule has 0 fully saturated rings. The summed E-state index contributed by atoms with van der Waals surface area (Å²) in [5.41, 5.74) is 0.604. The number of H-pyrrole nitrogens is 1. The summed E-state index contributed by atoms with van der Waals surface area (Å²) in [5.74, 6) is -2.26. The van der Waals surface area contributed by atoms with Gasteiger partial charge in [-0.05, 0) is 19.4 Å². The van der Waals surface area contributed by atoms with Gasteiger partial charge in [-0.25, -0.2) is 9.59 Å². The molecule has 0 saturated carbocycles. The minimum Gasteiger partial charge on any atom is -0.478 e. The summed E-state index contributed by atoms with van der Waals surface area (Å²) < 4.78 is 0. The van der Waals surface area contributed by atoms with Crippen molar-refractivity contribution in [2.45, 2.75) is 40.5 Å². The van der Waals surface area contributed by atoms with Gasteiger partial charge < -0.3 is 15.2 Å². The van der Waals surface area contributed by atoms with Crippen molar-refractivity contribution in [2.75, 3.05) is 0 Å². The zero-order valence-electron chi connectivity index (χ0n) is 10.6. The number of nitrogens with one attached hydrogen (secondary N) is 1. The van der Waals surface area contributed by atoms with E-state index >= 15 is 0 Å². The number of aromatic amines is 1. The average molecular weight is 241 g/mol. The van der Waals surface area contributed by atoms with Crippen LogP contribution in [0, 0.1) is 13.8 Å². The highest BCUT2D eigenvalue weighted by Crippen LogP contribution is 2.17. The fraction of sp³-hybridized carbons (Fsp3) is 0.500. The average Bonchev–Trinajstić information content (AvgIpc) is 2.54. The Morgan fingerprint density at radius 1 is 1.06 bits per heavy atom. The van der Waals surface area contributed by atoms with Crippen molar-refractivity contribution in [3.8, 4) is 0 Å². The number of rotatable bonds is 3. The second-order valence-corrected chi connectivity index (χ2v) is 3.74. The third-order valence-corrected chi connectivity index (χ3v) is 2.37. The molecule has 1 heterocycles. The first-order valence-corrected chi connectivity index (χ1v) is 5.52. The van der Waals surface area contributed by atoms with Gasteiger partial charge in [-0.15, -0.1) is 0 Å². The van der Waals surface area contributed by atoms with Gasteiger partial charge in [0.05, 0.1) is 5.56 Å². The number of carboxylic acid groups (broad SMARTS) is 2. The number of aromatic nitrogens is 1. The van der Waals surface area contributed by atoms with Crippen molar-refractivity contribution in [1.82, 2.24) is 4.98 Å². The third-order valence-electron chi connectivity index (χ3n) is 2.37. The first-order chi connectivity index (χ1) is 7.86. The van der Waals surface area contributed by atoms with E-state index in [-0.39, 0.29) is 16.8 Å². The molecule has 0 unspecified atom stereocenters. The monoisotopic (exact) mass is 241 g/mol. The van der Waals surface area contributed by atoms with Crippen molar-refractivity contribution in [3.05, 3.63) is 22.5 Å². The predicted octanol–water partition coefficient (Wildman–Crippen LogP) is 2.83. The summed E-state index contributed by atoms with van der Waals surface area (Å²) in [7, 11) is 0. The summed E-state index contributed by atoms with van der Waals surface area (Å²) in [4.78, 5) is 23.8. The molecule has 1 aromatic rings. The lowest BCUT2D eigenvalue weighted by molar-refractivity contribution is 0.0687. The van der Waals surface area contributed by atoms with Gasteiger partial charge in [-0.2, -0.15) is 0 Å². The van der Waals surface area contributed by atoms with E-state index in [0.717, 1.165) is 0 Å². The van der Waals surface area contributed by atoms with Gasteiger partial charge in [0.15, 0.2) is 0 Å². The van der Waals surface area contributed by atoms with E-state index in [1.807, 2.05) is 0 Å². The molecule has 0 bridgehead atoms. The second kappa shape index (κ2) is 6.73. The Bertz CT molecular complexity index is 405. The SMILES string of the molecule is CCCC.Cc1[nH]c(C(=O)O)c(C)c1C(=O)O. The molecule has 96 valence electrons. The fourth-order valence-electron chi connectivity index (χ4n) is 1.28. The fourth-order valence-corrected chi connectivity index (χ4v) is 1.28. The molecular formula is C12H19NO4. The van der Waals surface area contributed by atoms with E-state index in [4.69, 9.17) is 10.2 Å². The molecule has 0 radical (unpaired) electrons. The number of aryl methyl sites for hydroxylation is 1. The lowest BCUT2D eigenvalue weighted by Crippen LogP contribution is -2.01. The smallest absolute Gasteiger partial charge is 0.352 e. The van der Waals surface area contributed by atoms with Crippen LogP contribution in [0.5, 0.6) is 0 Å². The van der Waals surface area contributed by atoms with Gasteiger partial charge >= 0.3 is 11.9 Å². The van der Waals surface area contributed by atoms with Crippen LogP contribution in [0.3, 0.4) is 0 Å². The third kappa shape index (κ3) is 3.94. The number of hydrogen-bond acceptors (Lipinski definition) is 2.